The zero-order valence-corrected chi connectivity index (χ0v) is 26.8. The minimum Gasteiger partial charge on any atom is -0.494 e. The molecule has 7 rings (SSSR count). The molecule has 48 heavy (non-hydrogen) atoms. The third-order valence-corrected chi connectivity index (χ3v) is 8.41. The van der Waals surface area contributed by atoms with Crippen molar-refractivity contribution in [3.05, 3.63) is 153 Å². The SMILES string of the molecule is CCCOc1ccc(/C=C/c2nc3s/c(=C\c4cn(-c5ccccc5)nc4-c4cccc(OCc5ccc(F)cc5)c4)c(=O)n3n2)cc1. The molecule has 0 unspecified atom stereocenters. The third kappa shape index (κ3) is 6.93. The summed E-state index contributed by atoms with van der Waals surface area (Å²) in [5.74, 6) is 1.63. The van der Waals surface area contributed by atoms with Gasteiger partial charge in [-0.15, -0.1) is 5.10 Å². The molecule has 3 heterocycles. The molecular weight excluding hydrogens is 626 g/mol. The first-order chi connectivity index (χ1) is 23.5. The molecule has 0 fully saturated rings. The molecule has 0 aliphatic heterocycles. The Morgan fingerprint density at radius 3 is 2.44 bits per heavy atom. The second-order valence-corrected chi connectivity index (χ2v) is 12.0. The fraction of sp³-hybridized carbons (Fsp3) is 0.105. The van der Waals surface area contributed by atoms with Crippen LogP contribution in [0.5, 0.6) is 11.5 Å². The molecule has 10 heteroatoms. The van der Waals surface area contributed by atoms with Crippen molar-refractivity contribution in [2.45, 2.75) is 20.0 Å². The zero-order valence-electron chi connectivity index (χ0n) is 26.0. The van der Waals surface area contributed by atoms with Crippen LogP contribution in [-0.4, -0.2) is 31.0 Å². The number of rotatable bonds is 11. The van der Waals surface area contributed by atoms with E-state index in [2.05, 4.69) is 17.0 Å². The predicted octanol–water partition coefficient (Wildman–Crippen LogP) is 7.23. The van der Waals surface area contributed by atoms with Crippen molar-refractivity contribution in [3.8, 4) is 28.4 Å². The van der Waals surface area contributed by atoms with Crippen LogP contribution in [0.3, 0.4) is 0 Å². The van der Waals surface area contributed by atoms with Gasteiger partial charge in [0.05, 0.1) is 16.8 Å². The van der Waals surface area contributed by atoms with Crippen LogP contribution in [0.2, 0.25) is 0 Å². The van der Waals surface area contributed by atoms with Crippen molar-refractivity contribution in [2.75, 3.05) is 6.61 Å². The van der Waals surface area contributed by atoms with Crippen LogP contribution in [0.25, 0.3) is 40.1 Å². The Labute approximate surface area is 279 Å². The van der Waals surface area contributed by atoms with Gasteiger partial charge in [-0.1, -0.05) is 78.9 Å². The van der Waals surface area contributed by atoms with Crippen LogP contribution >= 0.6 is 11.3 Å². The number of para-hydroxylation sites is 1. The maximum atomic E-state index is 13.5. The molecule has 0 aliphatic carbocycles. The Hall–Kier alpha value is -5.87. The smallest absolute Gasteiger partial charge is 0.291 e. The highest BCUT2D eigenvalue weighted by Gasteiger charge is 2.15. The van der Waals surface area contributed by atoms with Crippen molar-refractivity contribution in [3.63, 3.8) is 0 Å². The van der Waals surface area contributed by atoms with Gasteiger partial charge < -0.3 is 9.47 Å². The van der Waals surface area contributed by atoms with Crippen LogP contribution in [0.4, 0.5) is 4.39 Å². The van der Waals surface area contributed by atoms with Crippen LogP contribution in [-0.2, 0) is 6.61 Å². The number of aromatic nitrogens is 5. The summed E-state index contributed by atoms with van der Waals surface area (Å²) in [5.41, 5.74) is 4.70. The summed E-state index contributed by atoms with van der Waals surface area (Å²) in [6.07, 6.45) is 8.38. The van der Waals surface area contributed by atoms with Crippen molar-refractivity contribution in [1.82, 2.24) is 24.4 Å². The van der Waals surface area contributed by atoms with Gasteiger partial charge in [0.1, 0.15) is 29.6 Å². The van der Waals surface area contributed by atoms with E-state index >= 15 is 0 Å². The number of fused-ring (bicyclic) bond motifs is 1. The third-order valence-electron chi connectivity index (χ3n) is 7.45. The lowest BCUT2D eigenvalue weighted by Crippen LogP contribution is -2.23. The molecule has 0 spiro atoms. The van der Waals surface area contributed by atoms with E-state index in [9.17, 15) is 9.18 Å². The van der Waals surface area contributed by atoms with E-state index in [-0.39, 0.29) is 11.4 Å². The zero-order chi connectivity index (χ0) is 32.9. The lowest BCUT2D eigenvalue weighted by Gasteiger charge is -2.08. The molecule has 0 saturated heterocycles. The monoisotopic (exact) mass is 655 g/mol. The maximum absolute atomic E-state index is 13.5. The average molecular weight is 656 g/mol. The van der Waals surface area contributed by atoms with Gasteiger partial charge in [-0.3, -0.25) is 4.79 Å². The number of hydrogen-bond donors (Lipinski definition) is 0. The lowest BCUT2D eigenvalue weighted by atomic mass is 10.1. The van der Waals surface area contributed by atoms with Gasteiger partial charge in [0.25, 0.3) is 5.56 Å². The Kier molecular flexibility index (Phi) is 8.88. The summed E-state index contributed by atoms with van der Waals surface area (Å²) >= 11 is 1.27. The summed E-state index contributed by atoms with van der Waals surface area (Å²) in [6.45, 7) is 3.04. The van der Waals surface area contributed by atoms with Gasteiger partial charge in [-0.2, -0.15) is 14.6 Å². The molecular formula is C38H30FN5O3S. The maximum Gasteiger partial charge on any atom is 0.291 e. The topological polar surface area (TPSA) is 83.5 Å². The molecule has 0 amide bonds. The minimum atomic E-state index is -0.290. The van der Waals surface area contributed by atoms with E-state index in [4.69, 9.17) is 14.6 Å². The Morgan fingerprint density at radius 1 is 0.854 bits per heavy atom. The molecule has 4 aromatic carbocycles. The van der Waals surface area contributed by atoms with E-state index in [0.29, 0.717) is 40.0 Å². The molecule has 238 valence electrons. The van der Waals surface area contributed by atoms with Crippen LogP contribution < -0.4 is 19.6 Å². The molecule has 3 aromatic heterocycles. The fourth-order valence-electron chi connectivity index (χ4n) is 5.04. The highest BCUT2D eigenvalue weighted by molar-refractivity contribution is 7.15. The molecule has 0 N–H and O–H groups in total. The van der Waals surface area contributed by atoms with E-state index in [1.807, 2.05) is 97.2 Å². The standard InChI is InChI=1S/C38H30FN5O3S/c1-2-21-46-32-18-13-26(14-19-32)15-20-35-40-38-44(41-35)37(45)34(48-38)23-29-24-43(31-8-4-3-5-9-31)42-36(29)28-7-6-10-33(22-28)47-25-27-11-16-30(39)17-12-27/h3-20,22-24H,2,21,25H2,1H3/b20-15+,34-23-. The molecule has 0 radical (unpaired) electrons. The molecule has 8 nitrogen and oxygen atoms in total. The normalized spacial score (nSPS) is 11.9. The van der Waals surface area contributed by atoms with Crippen molar-refractivity contribution >= 4 is 34.5 Å². The number of benzene rings is 4. The van der Waals surface area contributed by atoms with Gasteiger partial charge in [-0.05, 0) is 78.2 Å². The Morgan fingerprint density at radius 2 is 1.67 bits per heavy atom. The minimum absolute atomic E-state index is 0.255. The average Bonchev–Trinajstić information content (AvgIpc) is 3.81. The van der Waals surface area contributed by atoms with Gasteiger partial charge in [-0.25, -0.2) is 9.07 Å². The van der Waals surface area contributed by atoms with Gasteiger partial charge in [0.2, 0.25) is 4.96 Å². The van der Waals surface area contributed by atoms with E-state index in [1.54, 1.807) is 22.9 Å². The van der Waals surface area contributed by atoms with E-state index < -0.39 is 0 Å². The van der Waals surface area contributed by atoms with Crippen molar-refractivity contribution < 1.29 is 13.9 Å². The Bertz CT molecular complexity index is 2310. The summed E-state index contributed by atoms with van der Waals surface area (Å²) in [6, 6.07) is 31.4. The highest BCUT2D eigenvalue weighted by atomic mass is 32.1. The van der Waals surface area contributed by atoms with Crippen LogP contribution in [0.1, 0.15) is 35.9 Å². The molecule has 7 aromatic rings. The molecule has 0 bridgehead atoms. The van der Waals surface area contributed by atoms with E-state index in [1.165, 1.54) is 28.0 Å². The molecule has 0 saturated carbocycles. The van der Waals surface area contributed by atoms with Crippen LogP contribution in [0.15, 0.2) is 114 Å². The van der Waals surface area contributed by atoms with Gasteiger partial charge in [0, 0.05) is 17.3 Å². The van der Waals surface area contributed by atoms with Gasteiger partial charge >= 0.3 is 0 Å². The van der Waals surface area contributed by atoms with Crippen molar-refractivity contribution in [2.24, 2.45) is 0 Å². The quantitative estimate of drug-likeness (QED) is 0.146. The first-order valence-electron chi connectivity index (χ1n) is 15.5. The number of ether oxygens (including phenoxy) is 2. The second kappa shape index (κ2) is 13.9. The summed E-state index contributed by atoms with van der Waals surface area (Å²) in [4.78, 5) is 18.6. The number of thiazole rings is 1. The fourth-order valence-corrected chi connectivity index (χ4v) is 5.94. The summed E-state index contributed by atoms with van der Waals surface area (Å²) in [5, 5.41) is 9.37. The summed E-state index contributed by atoms with van der Waals surface area (Å²) < 4.78 is 28.6. The van der Waals surface area contributed by atoms with Crippen molar-refractivity contribution in [1.29, 1.82) is 0 Å². The second-order valence-electron chi connectivity index (χ2n) is 11.0. The number of hydrogen-bond acceptors (Lipinski definition) is 7. The number of halogens is 1. The number of nitrogens with zero attached hydrogens (tertiary/aromatic N) is 5. The predicted molar refractivity (Wildman–Crippen MR) is 187 cm³/mol. The van der Waals surface area contributed by atoms with Crippen LogP contribution in [0, 0.1) is 5.82 Å². The Balaban J connectivity index is 1.18. The van der Waals surface area contributed by atoms with Gasteiger partial charge in [0.15, 0.2) is 5.82 Å². The lowest BCUT2D eigenvalue weighted by molar-refractivity contribution is 0.306. The largest absolute Gasteiger partial charge is 0.494 e. The first-order valence-corrected chi connectivity index (χ1v) is 16.3. The highest BCUT2D eigenvalue weighted by Crippen LogP contribution is 2.28. The van der Waals surface area contributed by atoms with E-state index in [0.717, 1.165) is 40.1 Å². The summed E-state index contributed by atoms with van der Waals surface area (Å²) in [7, 11) is 0. The first kappa shape index (κ1) is 30.8. The molecule has 0 atom stereocenters. The molecule has 0 aliphatic rings.